The minimum Gasteiger partial charge on any atom is -0.611 e. The fourth-order valence-corrected chi connectivity index (χ4v) is 6.69. The average molecular weight is 497 g/mol. The molecule has 2 aliphatic heterocycles. The predicted octanol–water partition coefficient (Wildman–Crippen LogP) is 5.72. The Morgan fingerprint density at radius 2 is 2.09 bits per heavy atom. The summed E-state index contributed by atoms with van der Waals surface area (Å²) in [6, 6.07) is 3.54. The van der Waals surface area contributed by atoms with E-state index in [4.69, 9.17) is 4.74 Å². The minimum atomic E-state index is -1.02. The van der Waals surface area contributed by atoms with Crippen molar-refractivity contribution in [3.8, 4) is 0 Å². The molecule has 3 aliphatic rings. The lowest BCUT2D eigenvalue weighted by Crippen LogP contribution is -2.51. The third kappa shape index (κ3) is 6.87. The molecular weight excluding hydrogens is 456 g/mol. The highest BCUT2D eigenvalue weighted by Crippen LogP contribution is 2.42. The summed E-state index contributed by atoms with van der Waals surface area (Å²) in [5.74, 6) is 2.39. The molecule has 2 atom stereocenters. The topological polar surface area (TPSA) is 65.5 Å². The number of amides is 1. The van der Waals surface area contributed by atoms with Gasteiger partial charge < -0.3 is 14.2 Å². The van der Waals surface area contributed by atoms with Crippen molar-refractivity contribution in [2.45, 2.75) is 69.8 Å². The lowest BCUT2D eigenvalue weighted by Gasteiger charge is -2.47. The van der Waals surface area contributed by atoms with Crippen LogP contribution in [0.1, 0.15) is 69.8 Å². The quantitative estimate of drug-likeness (QED) is 0.341. The van der Waals surface area contributed by atoms with Gasteiger partial charge in [0.15, 0.2) is 4.90 Å². The van der Waals surface area contributed by atoms with Gasteiger partial charge in [0.2, 0.25) is 0 Å². The summed E-state index contributed by atoms with van der Waals surface area (Å²) >= 11 is -1.02. The van der Waals surface area contributed by atoms with Crippen LogP contribution in [0.25, 0.3) is 0 Å². The molecule has 5 nitrogen and oxygen atoms in total. The van der Waals surface area contributed by atoms with Gasteiger partial charge in [0, 0.05) is 19.0 Å². The molecule has 3 heterocycles. The Morgan fingerprint density at radius 3 is 2.69 bits per heavy atom. The molecule has 190 valence electrons. The molecule has 1 saturated carbocycles. The van der Waals surface area contributed by atoms with Crippen molar-refractivity contribution in [3.05, 3.63) is 60.0 Å². The van der Waals surface area contributed by atoms with Gasteiger partial charge in [-0.25, -0.2) is 4.98 Å². The number of carbonyl (C=O) groups is 1. The van der Waals surface area contributed by atoms with Crippen LogP contribution in [-0.4, -0.2) is 51.4 Å². The number of piperidine rings is 1. The molecule has 0 aromatic carbocycles. The van der Waals surface area contributed by atoms with Gasteiger partial charge in [-0.05, 0) is 86.2 Å². The van der Waals surface area contributed by atoms with Crippen LogP contribution in [0.15, 0.2) is 59.2 Å². The van der Waals surface area contributed by atoms with E-state index < -0.39 is 11.2 Å². The summed E-state index contributed by atoms with van der Waals surface area (Å²) in [6.45, 7) is 12.5. The Morgan fingerprint density at radius 1 is 1.34 bits per heavy atom. The van der Waals surface area contributed by atoms with Crippen LogP contribution in [0, 0.1) is 17.8 Å². The van der Waals surface area contributed by atoms with Crippen LogP contribution < -0.4 is 0 Å². The summed E-state index contributed by atoms with van der Waals surface area (Å²) in [6.07, 6.45) is 14.0. The number of hydrogen-bond donors (Lipinski definition) is 0. The Kier molecular flexibility index (Phi) is 8.56. The monoisotopic (exact) mass is 496 g/mol. The van der Waals surface area contributed by atoms with Crippen LogP contribution in [0.5, 0.6) is 0 Å². The maximum Gasteiger partial charge on any atom is 0.272 e. The average Bonchev–Trinajstić information content (AvgIpc) is 3.65. The summed E-state index contributed by atoms with van der Waals surface area (Å²) in [7, 11) is 0. The second kappa shape index (κ2) is 11.4. The fourth-order valence-electron chi connectivity index (χ4n) is 5.35. The summed E-state index contributed by atoms with van der Waals surface area (Å²) < 4.78 is 18.9. The van der Waals surface area contributed by atoms with Gasteiger partial charge in [0.25, 0.3) is 5.91 Å². The number of nitrogens with zero attached hydrogens (tertiary/aromatic N) is 2. The third-order valence-corrected chi connectivity index (χ3v) is 9.04. The van der Waals surface area contributed by atoms with E-state index in [1.807, 2.05) is 23.1 Å². The maximum absolute atomic E-state index is 13.1. The van der Waals surface area contributed by atoms with E-state index in [1.165, 1.54) is 24.0 Å². The van der Waals surface area contributed by atoms with E-state index >= 15 is 0 Å². The molecule has 6 heteroatoms. The first-order valence-corrected chi connectivity index (χ1v) is 14.4. The van der Waals surface area contributed by atoms with Gasteiger partial charge >= 0.3 is 0 Å². The zero-order chi connectivity index (χ0) is 25.0. The first-order chi connectivity index (χ1) is 16.8. The number of likely N-dealkylation sites (tertiary alicyclic amines) is 1. The first-order valence-electron chi connectivity index (χ1n) is 13.1. The van der Waals surface area contributed by atoms with Crippen molar-refractivity contribution < 1.29 is 14.1 Å². The Hall–Kier alpha value is -1.89. The zero-order valence-corrected chi connectivity index (χ0v) is 22.3. The predicted molar refractivity (Wildman–Crippen MR) is 142 cm³/mol. The van der Waals surface area contributed by atoms with E-state index in [9.17, 15) is 9.35 Å². The van der Waals surface area contributed by atoms with Crippen molar-refractivity contribution in [1.29, 1.82) is 0 Å². The van der Waals surface area contributed by atoms with E-state index in [0.29, 0.717) is 48.9 Å². The second-order valence-corrected chi connectivity index (χ2v) is 12.5. The van der Waals surface area contributed by atoms with Crippen molar-refractivity contribution in [2.24, 2.45) is 17.8 Å². The smallest absolute Gasteiger partial charge is 0.272 e. The third-order valence-electron chi connectivity index (χ3n) is 7.50. The van der Waals surface area contributed by atoms with E-state index in [2.05, 4.69) is 38.4 Å². The highest BCUT2D eigenvalue weighted by Gasteiger charge is 2.43. The zero-order valence-electron chi connectivity index (χ0n) is 21.5. The summed E-state index contributed by atoms with van der Waals surface area (Å²) in [5, 5.41) is 0. The van der Waals surface area contributed by atoms with E-state index in [0.717, 1.165) is 30.6 Å². The Bertz CT molecular complexity index is 957. The van der Waals surface area contributed by atoms with Crippen molar-refractivity contribution in [2.75, 3.05) is 25.4 Å². The van der Waals surface area contributed by atoms with Gasteiger partial charge in [-0.15, -0.1) is 0 Å². The second-order valence-electron chi connectivity index (χ2n) is 11.0. The molecule has 4 rings (SSSR count). The fraction of sp³-hybridized carbons (Fsp3) is 0.586. The summed E-state index contributed by atoms with van der Waals surface area (Å²) in [4.78, 5) is 20.1. The van der Waals surface area contributed by atoms with E-state index in [1.54, 1.807) is 12.3 Å². The number of pyridine rings is 1. The molecular formula is C29H40N2O3S. The number of hydrogen-bond acceptors (Lipinski definition) is 4. The number of aromatic nitrogens is 1. The molecule has 0 radical (unpaired) electrons. The Labute approximate surface area is 213 Å². The molecule has 1 amide bonds. The van der Waals surface area contributed by atoms with Gasteiger partial charge in [-0.3, -0.25) is 4.79 Å². The molecule has 0 bridgehead atoms. The lowest BCUT2D eigenvalue weighted by atomic mass is 9.74. The lowest BCUT2D eigenvalue weighted by molar-refractivity contribution is -0.104. The first kappa shape index (κ1) is 26.2. The van der Waals surface area contributed by atoms with Crippen molar-refractivity contribution >= 4 is 17.1 Å². The summed E-state index contributed by atoms with van der Waals surface area (Å²) in [5.41, 5.74) is 2.87. The van der Waals surface area contributed by atoms with Gasteiger partial charge in [-0.2, -0.15) is 0 Å². The number of allylic oxidation sites excluding steroid dienone is 4. The van der Waals surface area contributed by atoms with Crippen LogP contribution in [0.4, 0.5) is 0 Å². The van der Waals surface area contributed by atoms with Gasteiger partial charge in [-0.1, -0.05) is 44.2 Å². The van der Waals surface area contributed by atoms with Crippen LogP contribution >= 0.6 is 0 Å². The molecule has 1 aliphatic carbocycles. The molecule has 1 spiro atoms. The molecule has 1 aromatic heterocycles. The standard InChI is InChI=1S/C29H40N2O3S/c1-5-6-22(4)16-25-19-34-29(17-24(25)15-21(2)3)11-13-31(14-12-29)28(32)27-10-9-26(18-30-27)35(33)20-23-7-8-23/h5-6,9-10,16,18,21,23-24H,1,7-8,11-15,17,19-20H2,2-4H3/b22-6-,25-16+. The van der Waals surface area contributed by atoms with Crippen molar-refractivity contribution in [3.63, 3.8) is 0 Å². The molecule has 3 fully saturated rings. The van der Waals surface area contributed by atoms with Crippen LogP contribution in [0.3, 0.4) is 0 Å². The SMILES string of the molecule is C=C/C=C(C)\C=C1/COC2(CCN(C(=O)c3ccc([S+]([O-])CC4CC4)cn3)CC2)CC1CC(C)C. The highest BCUT2D eigenvalue weighted by atomic mass is 32.2. The number of ether oxygens (including phenoxy) is 1. The van der Waals surface area contributed by atoms with Crippen LogP contribution in [0.2, 0.25) is 0 Å². The number of rotatable bonds is 8. The minimum absolute atomic E-state index is 0.0420. The molecule has 2 saturated heterocycles. The van der Waals surface area contributed by atoms with Gasteiger partial charge in [0.05, 0.1) is 18.4 Å². The van der Waals surface area contributed by atoms with Gasteiger partial charge in [0.1, 0.15) is 11.4 Å². The van der Waals surface area contributed by atoms with E-state index in [-0.39, 0.29) is 11.5 Å². The molecule has 0 N–H and O–H groups in total. The molecule has 1 aromatic rings. The maximum atomic E-state index is 13.1. The normalized spacial score (nSPS) is 24.7. The Balaban J connectivity index is 1.36. The highest BCUT2D eigenvalue weighted by molar-refractivity contribution is 7.91. The van der Waals surface area contributed by atoms with Crippen molar-refractivity contribution in [1.82, 2.24) is 9.88 Å². The largest absolute Gasteiger partial charge is 0.611 e. The molecule has 35 heavy (non-hydrogen) atoms. The number of carbonyl (C=O) groups excluding carboxylic acids is 1. The van der Waals surface area contributed by atoms with Crippen LogP contribution in [-0.2, 0) is 15.9 Å². The molecule has 2 unspecified atom stereocenters.